The number of carbonyl (C=O) groups excluding carboxylic acids is 1. The van der Waals surface area contributed by atoms with Crippen LogP contribution in [0.4, 0.5) is 0 Å². The van der Waals surface area contributed by atoms with Crippen molar-refractivity contribution in [1.82, 2.24) is 15.2 Å². The van der Waals surface area contributed by atoms with Gasteiger partial charge >= 0.3 is 0 Å². The van der Waals surface area contributed by atoms with Crippen LogP contribution >= 0.6 is 11.3 Å². The maximum atomic E-state index is 13.4. The summed E-state index contributed by atoms with van der Waals surface area (Å²) >= 11 is 1.40. The van der Waals surface area contributed by atoms with Gasteiger partial charge < -0.3 is 14.8 Å². The molecule has 5 rings (SSSR count). The minimum atomic E-state index is -3.44. The van der Waals surface area contributed by atoms with Gasteiger partial charge in [-0.25, -0.2) is 8.42 Å². The second-order valence-corrected chi connectivity index (χ2v) is 12.9. The van der Waals surface area contributed by atoms with E-state index in [1.54, 1.807) is 36.7 Å². The molecule has 1 aliphatic carbocycles. The number of fused-ring (bicyclic) bond motifs is 1. The number of hydrogen-bond donors (Lipinski definition) is 1. The van der Waals surface area contributed by atoms with E-state index in [-0.39, 0.29) is 12.0 Å². The van der Waals surface area contributed by atoms with Crippen molar-refractivity contribution in [1.29, 1.82) is 0 Å². The molecule has 8 nitrogen and oxygen atoms in total. The summed E-state index contributed by atoms with van der Waals surface area (Å²) in [5.74, 6) is -0.153. The van der Waals surface area contributed by atoms with E-state index < -0.39 is 15.1 Å². The molecule has 2 aliphatic rings. The lowest BCUT2D eigenvalue weighted by Gasteiger charge is -2.31. The third-order valence-electron chi connectivity index (χ3n) is 7.13. The molecule has 2 unspecified atom stereocenters. The Bertz CT molecular complexity index is 1270. The number of amides is 1. The highest BCUT2D eigenvalue weighted by molar-refractivity contribution is 7.92. The molecule has 1 aliphatic heterocycles. The number of hydrogen-bond acceptors (Lipinski definition) is 8. The average Bonchev–Trinajstić information content (AvgIpc) is 3.37. The molecule has 1 saturated heterocycles. The Kier molecular flexibility index (Phi) is 8.51. The van der Waals surface area contributed by atoms with Gasteiger partial charge in [-0.15, -0.1) is 11.3 Å². The summed E-state index contributed by atoms with van der Waals surface area (Å²) in [6, 6.07) is 10.6. The molecule has 2 fully saturated rings. The van der Waals surface area contributed by atoms with Gasteiger partial charge in [0.2, 0.25) is 0 Å². The maximum absolute atomic E-state index is 13.4. The first-order chi connectivity index (χ1) is 18.0. The van der Waals surface area contributed by atoms with Crippen molar-refractivity contribution in [3.05, 3.63) is 59.2 Å². The van der Waals surface area contributed by atoms with Crippen molar-refractivity contribution < 1.29 is 22.7 Å². The van der Waals surface area contributed by atoms with Gasteiger partial charge in [0, 0.05) is 38.6 Å². The highest BCUT2D eigenvalue weighted by Gasteiger charge is 2.33. The Morgan fingerprint density at radius 1 is 1.16 bits per heavy atom. The maximum Gasteiger partial charge on any atom is 0.261 e. The van der Waals surface area contributed by atoms with Crippen LogP contribution < -0.4 is 5.32 Å². The van der Waals surface area contributed by atoms with Crippen LogP contribution in [0.3, 0.4) is 0 Å². The number of pyridine rings is 1. The fourth-order valence-electron chi connectivity index (χ4n) is 4.96. The highest BCUT2D eigenvalue weighted by atomic mass is 32.2. The molecule has 2 atom stereocenters. The van der Waals surface area contributed by atoms with Gasteiger partial charge in [0.1, 0.15) is 0 Å². The minimum absolute atomic E-state index is 0.0197. The topological polar surface area (TPSA) is 97.8 Å². The zero-order chi connectivity index (χ0) is 25.7. The lowest BCUT2D eigenvalue weighted by molar-refractivity contribution is -0.00785. The molecular weight excluding hydrogens is 510 g/mol. The Balaban J connectivity index is 1.13. The first kappa shape index (κ1) is 26.2. The number of thiophene rings is 1. The molecule has 198 valence electrons. The Labute approximate surface area is 221 Å². The molecule has 1 saturated carbocycles. The van der Waals surface area contributed by atoms with Crippen molar-refractivity contribution in [3.8, 4) is 0 Å². The predicted octanol–water partition coefficient (Wildman–Crippen LogP) is 3.66. The summed E-state index contributed by atoms with van der Waals surface area (Å²) in [7, 11) is -3.44. The quantitative estimate of drug-likeness (QED) is 0.440. The van der Waals surface area contributed by atoms with Crippen LogP contribution in [0.25, 0.3) is 10.1 Å². The molecule has 1 N–H and O–H groups in total. The zero-order valence-electron chi connectivity index (χ0n) is 20.8. The monoisotopic (exact) mass is 543 g/mol. The molecule has 0 radical (unpaired) electrons. The first-order valence-electron chi connectivity index (χ1n) is 12.9. The molecule has 0 spiro atoms. The summed E-state index contributed by atoms with van der Waals surface area (Å²) in [6.07, 6.45) is 6.39. The van der Waals surface area contributed by atoms with Gasteiger partial charge in [-0.3, -0.25) is 14.7 Å². The molecule has 2 aromatic heterocycles. The second kappa shape index (κ2) is 12.0. The van der Waals surface area contributed by atoms with E-state index in [0.717, 1.165) is 61.3 Å². The van der Waals surface area contributed by atoms with Gasteiger partial charge in [-0.05, 0) is 60.9 Å². The van der Waals surface area contributed by atoms with Crippen molar-refractivity contribution in [3.63, 3.8) is 0 Å². The predicted molar refractivity (Wildman–Crippen MR) is 144 cm³/mol. The number of aromatic nitrogens is 1. The van der Waals surface area contributed by atoms with Gasteiger partial charge in [0.25, 0.3) is 5.91 Å². The number of rotatable bonds is 9. The van der Waals surface area contributed by atoms with Crippen molar-refractivity contribution in [2.24, 2.45) is 0 Å². The number of ether oxygens (including phenoxy) is 2. The lowest BCUT2D eigenvalue weighted by atomic mass is 9.97. The van der Waals surface area contributed by atoms with Crippen LogP contribution in [0, 0.1) is 0 Å². The third kappa shape index (κ3) is 6.56. The average molecular weight is 544 g/mol. The smallest absolute Gasteiger partial charge is 0.261 e. The number of benzene rings is 1. The van der Waals surface area contributed by atoms with E-state index in [9.17, 15) is 13.2 Å². The van der Waals surface area contributed by atoms with Gasteiger partial charge in [-0.2, -0.15) is 0 Å². The molecule has 10 heteroatoms. The normalized spacial score (nSPS) is 21.2. The first-order valence-corrected chi connectivity index (χ1v) is 15.2. The standard InChI is InChI=1S/C27H33N3O5S2/c31-27(25-16-21-8-9-28-19-26(21)36-25)29-18-20-4-6-23(7-5-20)37(32,33)24-3-1-2-22(17-24)35-15-12-30-10-13-34-14-11-30/h4-9,16,19,22,24H,1-3,10-15,17-18H2,(H,29,31). The molecule has 1 aromatic carbocycles. The second-order valence-electron chi connectivity index (χ2n) is 9.63. The number of nitrogens with one attached hydrogen (secondary N) is 1. The van der Waals surface area contributed by atoms with E-state index in [0.29, 0.717) is 35.8 Å². The van der Waals surface area contributed by atoms with Crippen molar-refractivity contribution in [2.45, 2.75) is 48.5 Å². The molecule has 3 heterocycles. The Morgan fingerprint density at radius 2 is 1.97 bits per heavy atom. The fourth-order valence-corrected chi connectivity index (χ4v) is 7.76. The fraction of sp³-hybridized carbons (Fsp3) is 0.481. The van der Waals surface area contributed by atoms with E-state index in [1.807, 2.05) is 12.1 Å². The van der Waals surface area contributed by atoms with E-state index >= 15 is 0 Å². The van der Waals surface area contributed by atoms with Crippen LogP contribution in [0.1, 0.15) is 40.9 Å². The number of nitrogens with zero attached hydrogens (tertiary/aromatic N) is 2. The molecule has 3 aromatic rings. The Morgan fingerprint density at radius 3 is 2.76 bits per heavy atom. The summed E-state index contributed by atoms with van der Waals surface area (Å²) < 4.78 is 39.1. The largest absolute Gasteiger partial charge is 0.379 e. The highest BCUT2D eigenvalue weighted by Crippen LogP contribution is 2.30. The zero-order valence-corrected chi connectivity index (χ0v) is 22.4. The molecule has 0 bridgehead atoms. The van der Waals surface area contributed by atoms with Gasteiger partial charge in [0.05, 0.1) is 45.6 Å². The van der Waals surface area contributed by atoms with E-state index in [2.05, 4.69) is 15.2 Å². The SMILES string of the molecule is O=C(NCc1ccc(S(=O)(=O)C2CCCC(OCCN3CCOCC3)C2)cc1)c1cc2ccncc2s1. The van der Waals surface area contributed by atoms with Gasteiger partial charge in [0.15, 0.2) is 9.84 Å². The molecule has 37 heavy (non-hydrogen) atoms. The summed E-state index contributed by atoms with van der Waals surface area (Å²) in [5, 5.41) is 3.49. The van der Waals surface area contributed by atoms with Crippen LogP contribution in [0.5, 0.6) is 0 Å². The number of morpholine rings is 1. The van der Waals surface area contributed by atoms with E-state index in [4.69, 9.17) is 9.47 Å². The van der Waals surface area contributed by atoms with Crippen LogP contribution in [-0.2, 0) is 25.9 Å². The third-order valence-corrected chi connectivity index (χ3v) is 10.5. The van der Waals surface area contributed by atoms with Gasteiger partial charge in [-0.1, -0.05) is 12.1 Å². The van der Waals surface area contributed by atoms with Crippen molar-refractivity contribution in [2.75, 3.05) is 39.5 Å². The van der Waals surface area contributed by atoms with Crippen LogP contribution in [0.2, 0.25) is 0 Å². The Hall–Kier alpha value is -2.37. The van der Waals surface area contributed by atoms with Crippen molar-refractivity contribution >= 4 is 37.2 Å². The minimum Gasteiger partial charge on any atom is -0.379 e. The number of sulfone groups is 1. The summed E-state index contributed by atoms with van der Waals surface area (Å²) in [5.41, 5.74) is 0.850. The van der Waals surface area contributed by atoms with E-state index in [1.165, 1.54) is 11.3 Å². The molecule has 1 amide bonds. The summed E-state index contributed by atoms with van der Waals surface area (Å²) in [6.45, 7) is 5.18. The van der Waals surface area contributed by atoms with Crippen LogP contribution in [-0.4, -0.2) is 75.0 Å². The molecular formula is C27H33N3O5S2. The van der Waals surface area contributed by atoms with Crippen LogP contribution in [0.15, 0.2) is 53.7 Å². The summed E-state index contributed by atoms with van der Waals surface area (Å²) in [4.78, 5) is 20.0. The number of carbonyl (C=O) groups is 1. The lowest BCUT2D eigenvalue weighted by Crippen LogP contribution is -2.39.